The van der Waals surface area contributed by atoms with Crippen molar-refractivity contribution in [1.82, 2.24) is 4.57 Å². The van der Waals surface area contributed by atoms with Crippen LogP contribution in [0.2, 0.25) is 0 Å². The van der Waals surface area contributed by atoms with Gasteiger partial charge in [0.05, 0.1) is 19.7 Å². The summed E-state index contributed by atoms with van der Waals surface area (Å²) in [6.07, 6.45) is 0.315. The van der Waals surface area contributed by atoms with Crippen LogP contribution in [-0.2, 0) is 20.8 Å². The Balaban J connectivity index is 2.38. The van der Waals surface area contributed by atoms with Gasteiger partial charge >= 0.3 is 12.2 Å². The Morgan fingerprint density at radius 1 is 1.16 bits per heavy atom. The van der Waals surface area contributed by atoms with Crippen molar-refractivity contribution in [3.63, 3.8) is 0 Å². The van der Waals surface area contributed by atoms with Crippen LogP contribution in [0, 0.1) is 0 Å². The lowest BCUT2D eigenvalue weighted by atomic mass is 10.2. The van der Waals surface area contributed by atoms with Crippen LogP contribution in [-0.4, -0.2) is 31.0 Å². The summed E-state index contributed by atoms with van der Waals surface area (Å²) < 4.78 is 15.3. The second kappa shape index (κ2) is 5.43. The van der Waals surface area contributed by atoms with Gasteiger partial charge < -0.3 is 14.2 Å². The van der Waals surface area contributed by atoms with Crippen LogP contribution in [0.25, 0.3) is 10.9 Å². The van der Waals surface area contributed by atoms with E-state index in [-0.39, 0.29) is 6.61 Å². The molecule has 0 fully saturated rings. The molecule has 0 radical (unpaired) electrons. The van der Waals surface area contributed by atoms with Crippen molar-refractivity contribution in [1.29, 1.82) is 0 Å². The number of aromatic nitrogens is 1. The predicted molar refractivity (Wildman–Crippen MR) is 66.9 cm³/mol. The second-order valence-corrected chi connectivity index (χ2v) is 3.75. The number of fused-ring (bicyclic) bond motifs is 1. The summed E-state index contributed by atoms with van der Waals surface area (Å²) in [5.74, 6) is 0. The van der Waals surface area contributed by atoms with Gasteiger partial charge in [-0.15, -0.1) is 0 Å². The number of carbonyl (C=O) groups excluding carboxylic acids is 2. The van der Waals surface area contributed by atoms with Crippen molar-refractivity contribution >= 4 is 23.2 Å². The van der Waals surface area contributed by atoms with Crippen LogP contribution in [0.5, 0.6) is 0 Å². The van der Waals surface area contributed by atoms with Gasteiger partial charge in [0, 0.05) is 17.1 Å². The first kappa shape index (κ1) is 12.9. The molecule has 0 atom stereocenters. The normalized spacial score (nSPS) is 10.2. The molecule has 0 aliphatic carbocycles. The first-order valence-corrected chi connectivity index (χ1v) is 5.55. The van der Waals surface area contributed by atoms with Gasteiger partial charge in [-0.2, -0.15) is 0 Å². The minimum atomic E-state index is -0.769. The van der Waals surface area contributed by atoms with E-state index < -0.39 is 12.2 Å². The fraction of sp³-hybridized carbons (Fsp3) is 0.231. The van der Waals surface area contributed by atoms with E-state index in [0.717, 1.165) is 5.39 Å². The molecule has 19 heavy (non-hydrogen) atoms. The number of para-hydroxylation sites is 1. The number of rotatable bonds is 2. The lowest BCUT2D eigenvalue weighted by molar-refractivity contribution is 0.0672. The third kappa shape index (κ3) is 2.52. The zero-order valence-electron chi connectivity index (χ0n) is 10.6. The number of hydrogen-bond acceptors (Lipinski definition) is 5. The van der Waals surface area contributed by atoms with E-state index in [1.807, 2.05) is 18.2 Å². The minimum absolute atomic E-state index is 0.0250. The molecule has 0 aliphatic heterocycles. The maximum Gasteiger partial charge on any atom is 0.508 e. The summed E-state index contributed by atoms with van der Waals surface area (Å²) in [6.45, 7) is 0.0250. The van der Waals surface area contributed by atoms with Gasteiger partial charge in [0.1, 0.15) is 6.61 Å². The average Bonchev–Trinajstić information content (AvgIpc) is 2.83. The molecule has 0 amide bonds. The van der Waals surface area contributed by atoms with Crippen molar-refractivity contribution in [2.45, 2.75) is 6.61 Å². The molecule has 0 bridgehead atoms. The Bertz CT molecular complexity index is 617. The Morgan fingerprint density at radius 3 is 2.58 bits per heavy atom. The quantitative estimate of drug-likeness (QED) is 0.779. The van der Waals surface area contributed by atoms with Crippen LogP contribution in [0.15, 0.2) is 30.5 Å². The molecular formula is C13H13NO5. The van der Waals surface area contributed by atoms with Gasteiger partial charge in [-0.1, -0.05) is 18.2 Å². The summed E-state index contributed by atoms with van der Waals surface area (Å²) in [7, 11) is 2.54. The topological polar surface area (TPSA) is 66.8 Å². The van der Waals surface area contributed by atoms with Gasteiger partial charge in [-0.25, -0.2) is 9.59 Å². The summed E-state index contributed by atoms with van der Waals surface area (Å²) in [5, 5.41) is 0.816. The largest absolute Gasteiger partial charge is 0.508 e. The molecular weight excluding hydrogens is 250 g/mol. The maximum absolute atomic E-state index is 11.6. The Kier molecular flexibility index (Phi) is 3.70. The highest BCUT2D eigenvalue weighted by atomic mass is 16.7. The molecule has 6 heteroatoms. The molecule has 0 aliphatic rings. The van der Waals surface area contributed by atoms with E-state index in [4.69, 9.17) is 9.47 Å². The van der Waals surface area contributed by atoms with E-state index >= 15 is 0 Å². The van der Waals surface area contributed by atoms with E-state index in [2.05, 4.69) is 4.74 Å². The molecule has 6 nitrogen and oxygen atoms in total. The number of hydrogen-bond donors (Lipinski definition) is 0. The Hall–Kier alpha value is -2.50. The van der Waals surface area contributed by atoms with Crippen molar-refractivity contribution in [3.05, 3.63) is 36.0 Å². The standard InChI is InChI=1S/C13H13NO5/c1-17-12(15)14-7-9(8-19-13(16)18-2)10-5-3-4-6-11(10)14/h3-7H,8H2,1-2H3. The van der Waals surface area contributed by atoms with Crippen LogP contribution < -0.4 is 0 Å². The number of carbonyl (C=O) groups is 2. The summed E-state index contributed by atoms with van der Waals surface area (Å²) in [4.78, 5) is 22.6. The molecule has 1 aromatic heterocycles. The molecule has 1 heterocycles. The van der Waals surface area contributed by atoms with Crippen molar-refractivity contribution < 1.29 is 23.8 Å². The van der Waals surface area contributed by atoms with Crippen LogP contribution in [0.3, 0.4) is 0 Å². The molecule has 0 saturated heterocycles. The predicted octanol–water partition coefficient (Wildman–Crippen LogP) is 2.54. The average molecular weight is 263 g/mol. The van der Waals surface area contributed by atoms with Gasteiger partial charge in [0.25, 0.3) is 0 Å². The highest BCUT2D eigenvalue weighted by Gasteiger charge is 2.14. The van der Waals surface area contributed by atoms with E-state index in [1.54, 1.807) is 12.3 Å². The molecule has 0 spiro atoms. The second-order valence-electron chi connectivity index (χ2n) is 3.75. The first-order chi connectivity index (χ1) is 9.17. The van der Waals surface area contributed by atoms with Gasteiger partial charge in [-0.05, 0) is 6.07 Å². The molecule has 100 valence electrons. The highest BCUT2D eigenvalue weighted by Crippen LogP contribution is 2.22. The number of methoxy groups -OCH3 is 2. The fourth-order valence-corrected chi connectivity index (χ4v) is 1.81. The summed E-state index contributed by atoms with van der Waals surface area (Å²) in [5.41, 5.74) is 1.39. The van der Waals surface area contributed by atoms with E-state index in [9.17, 15) is 9.59 Å². The zero-order valence-corrected chi connectivity index (χ0v) is 10.6. The van der Waals surface area contributed by atoms with Crippen LogP contribution in [0.1, 0.15) is 5.56 Å². The van der Waals surface area contributed by atoms with Gasteiger partial charge in [0.2, 0.25) is 0 Å². The van der Waals surface area contributed by atoms with E-state index in [0.29, 0.717) is 11.1 Å². The molecule has 0 unspecified atom stereocenters. The molecule has 0 N–H and O–H groups in total. The first-order valence-electron chi connectivity index (χ1n) is 5.55. The molecule has 2 aromatic rings. The van der Waals surface area contributed by atoms with E-state index in [1.165, 1.54) is 18.8 Å². The number of benzene rings is 1. The highest BCUT2D eigenvalue weighted by molar-refractivity contribution is 5.91. The van der Waals surface area contributed by atoms with Crippen molar-refractivity contribution in [3.8, 4) is 0 Å². The molecule has 1 aromatic carbocycles. The number of nitrogens with zero attached hydrogens (tertiary/aromatic N) is 1. The molecule has 2 rings (SSSR count). The SMILES string of the molecule is COC(=O)OCc1cn(C(=O)OC)c2ccccc12. The maximum atomic E-state index is 11.6. The monoisotopic (exact) mass is 263 g/mol. The van der Waals surface area contributed by atoms with Crippen LogP contribution in [0.4, 0.5) is 9.59 Å². The minimum Gasteiger partial charge on any atom is -0.452 e. The number of ether oxygens (including phenoxy) is 3. The third-order valence-corrected chi connectivity index (χ3v) is 2.68. The van der Waals surface area contributed by atoms with Crippen LogP contribution >= 0.6 is 0 Å². The third-order valence-electron chi connectivity index (χ3n) is 2.68. The summed E-state index contributed by atoms with van der Waals surface area (Å²) in [6, 6.07) is 7.27. The molecule has 0 saturated carbocycles. The smallest absolute Gasteiger partial charge is 0.452 e. The zero-order chi connectivity index (χ0) is 13.8. The van der Waals surface area contributed by atoms with Gasteiger partial charge in [0.15, 0.2) is 0 Å². The van der Waals surface area contributed by atoms with Crippen molar-refractivity contribution in [2.24, 2.45) is 0 Å². The summed E-state index contributed by atoms with van der Waals surface area (Å²) >= 11 is 0. The van der Waals surface area contributed by atoms with Gasteiger partial charge in [-0.3, -0.25) is 4.57 Å². The Labute approximate surface area is 109 Å². The van der Waals surface area contributed by atoms with Crippen molar-refractivity contribution in [2.75, 3.05) is 14.2 Å². The lowest BCUT2D eigenvalue weighted by Gasteiger charge is -2.01. The fourth-order valence-electron chi connectivity index (χ4n) is 1.81. The lowest BCUT2D eigenvalue weighted by Crippen LogP contribution is -2.09. The Morgan fingerprint density at radius 2 is 1.89 bits per heavy atom.